The minimum absolute atomic E-state index is 0. The maximum Gasteiger partial charge on any atom is 0.191 e. The number of hydrogen-bond donors (Lipinski definition) is 2. The number of hydrogen-bond acceptors (Lipinski definition) is 5. The fourth-order valence-corrected chi connectivity index (χ4v) is 3.73. The molecule has 0 saturated carbocycles. The fraction of sp³-hybridized carbons (Fsp3) is 0.400. The summed E-state index contributed by atoms with van der Waals surface area (Å²) in [6.45, 7) is 7.58. The lowest BCUT2D eigenvalue weighted by Crippen LogP contribution is -2.36. The number of guanidine groups is 1. The van der Waals surface area contributed by atoms with Gasteiger partial charge in [-0.1, -0.05) is 18.2 Å². The number of aryl methyl sites for hydroxylation is 2. The third-order valence-electron chi connectivity index (χ3n) is 5.73. The normalized spacial score (nSPS) is 15.6. The predicted molar refractivity (Wildman–Crippen MR) is 144 cm³/mol. The number of nitrogens with one attached hydrogen (secondary N) is 2. The van der Waals surface area contributed by atoms with Gasteiger partial charge >= 0.3 is 0 Å². The van der Waals surface area contributed by atoms with E-state index in [1.165, 1.54) is 5.56 Å². The highest BCUT2D eigenvalue weighted by molar-refractivity contribution is 14.0. The smallest absolute Gasteiger partial charge is 0.191 e. The molecule has 9 heteroatoms. The minimum Gasteiger partial charge on any atom is -0.493 e. The molecule has 34 heavy (non-hydrogen) atoms. The maximum atomic E-state index is 6.15. The van der Waals surface area contributed by atoms with Crippen LogP contribution in [0.4, 0.5) is 0 Å². The van der Waals surface area contributed by atoms with Gasteiger partial charge in [-0.05, 0) is 43.5 Å². The molecule has 3 heterocycles. The molecule has 0 amide bonds. The van der Waals surface area contributed by atoms with Crippen LogP contribution in [-0.4, -0.2) is 47.4 Å². The summed E-state index contributed by atoms with van der Waals surface area (Å²) >= 11 is 0. The van der Waals surface area contributed by atoms with Crippen LogP contribution in [0.5, 0.6) is 5.75 Å². The van der Waals surface area contributed by atoms with Crippen molar-refractivity contribution in [2.24, 2.45) is 10.9 Å². The molecular formula is C25H33IN6O2. The van der Waals surface area contributed by atoms with Gasteiger partial charge in [-0.2, -0.15) is 0 Å². The number of halogens is 1. The van der Waals surface area contributed by atoms with E-state index in [1.807, 2.05) is 30.0 Å². The highest BCUT2D eigenvalue weighted by Gasteiger charge is 2.17. The number of pyridine rings is 1. The van der Waals surface area contributed by atoms with Crippen LogP contribution in [0, 0.1) is 19.8 Å². The van der Waals surface area contributed by atoms with Crippen LogP contribution in [0.2, 0.25) is 0 Å². The zero-order chi connectivity index (χ0) is 23.0. The molecule has 1 aliphatic heterocycles. The number of rotatable bonds is 8. The summed E-state index contributed by atoms with van der Waals surface area (Å²) in [6, 6.07) is 10.4. The topological polar surface area (TPSA) is 85.6 Å². The number of nitrogens with zero attached hydrogens (tertiary/aromatic N) is 4. The summed E-state index contributed by atoms with van der Waals surface area (Å²) in [7, 11) is 1.77. The molecule has 8 nitrogen and oxygen atoms in total. The number of ether oxygens (including phenoxy) is 2. The van der Waals surface area contributed by atoms with E-state index < -0.39 is 0 Å². The Morgan fingerprint density at radius 3 is 2.71 bits per heavy atom. The van der Waals surface area contributed by atoms with Gasteiger partial charge < -0.3 is 20.1 Å². The first kappa shape index (κ1) is 26.0. The van der Waals surface area contributed by atoms with Crippen LogP contribution >= 0.6 is 24.0 Å². The Morgan fingerprint density at radius 1 is 1.18 bits per heavy atom. The predicted octanol–water partition coefficient (Wildman–Crippen LogP) is 3.78. The van der Waals surface area contributed by atoms with Crippen molar-refractivity contribution in [3.05, 3.63) is 71.4 Å². The van der Waals surface area contributed by atoms with Crippen molar-refractivity contribution in [2.45, 2.75) is 33.4 Å². The van der Waals surface area contributed by atoms with Crippen LogP contribution in [0.3, 0.4) is 0 Å². The Bertz CT molecular complexity index is 1080. The summed E-state index contributed by atoms with van der Waals surface area (Å²) in [4.78, 5) is 13.1. The van der Waals surface area contributed by atoms with Crippen molar-refractivity contribution >= 4 is 29.9 Å². The molecule has 0 radical (unpaired) electrons. The molecular weight excluding hydrogens is 543 g/mol. The molecule has 2 N–H and O–H groups in total. The third kappa shape index (κ3) is 6.92. The van der Waals surface area contributed by atoms with E-state index in [1.54, 1.807) is 13.2 Å². The number of benzene rings is 1. The summed E-state index contributed by atoms with van der Waals surface area (Å²) in [5, 5.41) is 6.74. The Balaban J connectivity index is 0.00000324. The highest BCUT2D eigenvalue weighted by Crippen LogP contribution is 2.22. The largest absolute Gasteiger partial charge is 0.493 e. The standard InChI is InChI=1S/C25H32N6O2.HI/c1-18-4-6-22(23(12-18)33-17-21-8-11-32-16-21)15-30-25(26-3)29-14-20-5-7-24(28-13-20)31-10-9-27-19(31)2;/h4-7,9-10,12-13,21H,8,11,14-17H2,1-3H3,(H2,26,29,30);1H. The molecule has 3 aromatic rings. The molecule has 182 valence electrons. The summed E-state index contributed by atoms with van der Waals surface area (Å²) < 4.78 is 13.6. The molecule has 1 atom stereocenters. The molecule has 0 bridgehead atoms. The second-order valence-corrected chi connectivity index (χ2v) is 8.30. The second kappa shape index (κ2) is 12.7. The molecule has 1 saturated heterocycles. The Hall–Kier alpha value is -2.66. The Kier molecular flexibility index (Phi) is 9.70. The van der Waals surface area contributed by atoms with Gasteiger partial charge in [0, 0.05) is 56.8 Å². The lowest BCUT2D eigenvalue weighted by Gasteiger charge is -2.17. The van der Waals surface area contributed by atoms with E-state index >= 15 is 0 Å². The van der Waals surface area contributed by atoms with Gasteiger partial charge in [0.15, 0.2) is 5.96 Å². The van der Waals surface area contributed by atoms with Gasteiger partial charge in [-0.15, -0.1) is 24.0 Å². The van der Waals surface area contributed by atoms with Crippen LogP contribution in [-0.2, 0) is 17.8 Å². The molecule has 2 aromatic heterocycles. The lowest BCUT2D eigenvalue weighted by molar-refractivity contribution is 0.166. The summed E-state index contributed by atoms with van der Waals surface area (Å²) in [6.07, 6.45) is 6.61. The van der Waals surface area contributed by atoms with E-state index in [0.29, 0.717) is 25.6 Å². The van der Waals surface area contributed by atoms with Crippen molar-refractivity contribution in [2.75, 3.05) is 26.9 Å². The first-order valence-corrected chi connectivity index (χ1v) is 11.3. The average Bonchev–Trinajstić information content (AvgIpc) is 3.51. The number of aliphatic imine (C=N–C) groups is 1. The van der Waals surface area contributed by atoms with E-state index in [9.17, 15) is 0 Å². The van der Waals surface area contributed by atoms with Gasteiger partial charge in [0.2, 0.25) is 0 Å². The molecule has 0 aliphatic carbocycles. The van der Waals surface area contributed by atoms with E-state index in [2.05, 4.69) is 56.8 Å². The highest BCUT2D eigenvalue weighted by atomic mass is 127. The van der Waals surface area contributed by atoms with E-state index in [-0.39, 0.29) is 24.0 Å². The number of aromatic nitrogens is 3. The average molecular weight is 576 g/mol. The van der Waals surface area contributed by atoms with Crippen LogP contribution in [0.1, 0.15) is 28.9 Å². The lowest BCUT2D eigenvalue weighted by atomic mass is 10.1. The summed E-state index contributed by atoms with van der Waals surface area (Å²) in [5.74, 6) is 3.87. The van der Waals surface area contributed by atoms with Gasteiger partial charge in [-0.25, -0.2) is 9.97 Å². The van der Waals surface area contributed by atoms with Crippen molar-refractivity contribution in [1.29, 1.82) is 0 Å². The van der Waals surface area contributed by atoms with E-state index in [0.717, 1.165) is 54.1 Å². The van der Waals surface area contributed by atoms with Gasteiger partial charge in [0.05, 0.1) is 13.2 Å². The molecule has 0 spiro atoms. The zero-order valence-corrected chi connectivity index (χ0v) is 22.3. The first-order chi connectivity index (χ1) is 16.1. The molecule has 1 aliphatic rings. The van der Waals surface area contributed by atoms with Gasteiger partial charge in [0.1, 0.15) is 17.4 Å². The zero-order valence-electron chi connectivity index (χ0n) is 20.0. The monoisotopic (exact) mass is 576 g/mol. The SMILES string of the molecule is CN=C(NCc1ccc(-n2ccnc2C)nc1)NCc1ccc(C)cc1OCC1CCOC1.I. The molecule has 1 unspecified atom stereocenters. The van der Waals surface area contributed by atoms with Gasteiger partial charge in [0.25, 0.3) is 0 Å². The molecule has 1 aromatic carbocycles. The van der Waals surface area contributed by atoms with E-state index in [4.69, 9.17) is 9.47 Å². The number of imidazole rings is 1. The first-order valence-electron chi connectivity index (χ1n) is 11.3. The Labute approximate surface area is 218 Å². The van der Waals surface area contributed by atoms with Crippen LogP contribution in [0.15, 0.2) is 53.9 Å². The van der Waals surface area contributed by atoms with Crippen molar-refractivity contribution in [3.8, 4) is 11.6 Å². The van der Waals surface area contributed by atoms with Crippen molar-refractivity contribution in [3.63, 3.8) is 0 Å². The quantitative estimate of drug-likeness (QED) is 0.241. The van der Waals surface area contributed by atoms with Crippen LogP contribution < -0.4 is 15.4 Å². The third-order valence-corrected chi connectivity index (χ3v) is 5.73. The fourth-order valence-electron chi connectivity index (χ4n) is 3.73. The minimum atomic E-state index is 0. The summed E-state index contributed by atoms with van der Waals surface area (Å²) in [5.41, 5.74) is 3.35. The second-order valence-electron chi connectivity index (χ2n) is 8.30. The Morgan fingerprint density at radius 2 is 2.03 bits per heavy atom. The van der Waals surface area contributed by atoms with Crippen molar-refractivity contribution < 1.29 is 9.47 Å². The molecule has 1 fully saturated rings. The van der Waals surface area contributed by atoms with Crippen molar-refractivity contribution in [1.82, 2.24) is 25.2 Å². The molecule has 4 rings (SSSR count). The maximum absolute atomic E-state index is 6.15. The van der Waals surface area contributed by atoms with Crippen LogP contribution in [0.25, 0.3) is 5.82 Å². The van der Waals surface area contributed by atoms with Gasteiger partial charge in [-0.3, -0.25) is 9.56 Å².